The summed E-state index contributed by atoms with van der Waals surface area (Å²) in [6, 6.07) is 3.65. The van der Waals surface area contributed by atoms with Crippen LogP contribution < -0.4 is 5.48 Å². The highest BCUT2D eigenvalue weighted by atomic mass is 16.7. The molecule has 4 unspecified atom stereocenters. The van der Waals surface area contributed by atoms with Gasteiger partial charge in [0.1, 0.15) is 18.2 Å². The lowest BCUT2D eigenvalue weighted by atomic mass is 9.92. The number of ether oxygens (including phenoxy) is 2. The van der Waals surface area contributed by atoms with E-state index in [1.807, 2.05) is 67.2 Å². The lowest BCUT2D eigenvalue weighted by molar-refractivity contribution is -0.134. The number of dihydropyridines is 1. The third kappa shape index (κ3) is 4.05. The maximum atomic E-state index is 13.4. The number of pyridine rings is 1. The summed E-state index contributed by atoms with van der Waals surface area (Å²) in [6.07, 6.45) is 13.1. The van der Waals surface area contributed by atoms with Crippen molar-refractivity contribution in [2.24, 2.45) is 10.9 Å². The summed E-state index contributed by atoms with van der Waals surface area (Å²) in [6.45, 7) is 4.88. The Morgan fingerprint density at radius 2 is 2.15 bits per heavy atom. The molecule has 33 heavy (non-hydrogen) atoms. The van der Waals surface area contributed by atoms with Crippen molar-refractivity contribution in [2.75, 3.05) is 20.3 Å². The molecule has 0 aliphatic carbocycles. The van der Waals surface area contributed by atoms with Gasteiger partial charge in [0, 0.05) is 25.1 Å². The number of hydrogen-bond donors (Lipinski definition) is 1. The molecule has 172 valence electrons. The summed E-state index contributed by atoms with van der Waals surface area (Å²) < 4.78 is 12.7. The van der Waals surface area contributed by atoms with Gasteiger partial charge in [-0.05, 0) is 44.2 Å². The number of hydroxylamine groups is 1. The Kier molecular flexibility index (Phi) is 5.74. The van der Waals surface area contributed by atoms with Crippen molar-refractivity contribution in [1.82, 2.24) is 19.8 Å². The molecule has 9 nitrogen and oxygen atoms in total. The number of rotatable bonds is 7. The Bertz CT molecular complexity index is 1180. The zero-order valence-corrected chi connectivity index (χ0v) is 18.8. The maximum absolute atomic E-state index is 13.4. The van der Waals surface area contributed by atoms with E-state index in [0.717, 1.165) is 22.7 Å². The number of nitrogens with one attached hydrogen (secondary N) is 1. The van der Waals surface area contributed by atoms with Crippen LogP contribution in [0.1, 0.15) is 31.3 Å². The van der Waals surface area contributed by atoms with Crippen molar-refractivity contribution >= 4 is 23.4 Å². The molecule has 2 aromatic heterocycles. The van der Waals surface area contributed by atoms with Crippen LogP contribution in [0, 0.1) is 5.92 Å². The zero-order chi connectivity index (χ0) is 22.9. The first-order valence-electron chi connectivity index (χ1n) is 11.0. The molecular formula is C24H27N5O4. The molecule has 2 aromatic rings. The summed E-state index contributed by atoms with van der Waals surface area (Å²) in [5, 5.41) is 0. The van der Waals surface area contributed by atoms with E-state index in [2.05, 4.69) is 15.5 Å². The quantitative estimate of drug-likeness (QED) is 0.654. The predicted molar refractivity (Wildman–Crippen MR) is 123 cm³/mol. The molecule has 5 heterocycles. The smallest absolute Gasteiger partial charge is 0.236 e. The van der Waals surface area contributed by atoms with Crippen LogP contribution in [-0.2, 0) is 19.1 Å². The molecule has 3 aliphatic rings. The Balaban J connectivity index is 1.40. The number of allylic oxidation sites excluding steroid dienone is 1. The van der Waals surface area contributed by atoms with E-state index in [9.17, 15) is 4.79 Å². The van der Waals surface area contributed by atoms with Crippen LogP contribution >= 0.6 is 0 Å². The van der Waals surface area contributed by atoms with Crippen molar-refractivity contribution in [3.8, 4) is 0 Å². The third-order valence-electron chi connectivity index (χ3n) is 6.01. The van der Waals surface area contributed by atoms with E-state index in [1.54, 1.807) is 18.2 Å². The van der Waals surface area contributed by atoms with Crippen molar-refractivity contribution in [1.29, 1.82) is 0 Å². The minimum Gasteiger partial charge on any atom is -0.490 e. The van der Waals surface area contributed by atoms with Gasteiger partial charge >= 0.3 is 0 Å². The van der Waals surface area contributed by atoms with Gasteiger partial charge in [0.2, 0.25) is 5.91 Å². The van der Waals surface area contributed by atoms with Gasteiger partial charge in [-0.1, -0.05) is 0 Å². The molecular weight excluding hydrogens is 422 g/mol. The number of amides is 1. The zero-order valence-electron chi connectivity index (χ0n) is 18.8. The third-order valence-corrected chi connectivity index (χ3v) is 6.01. The van der Waals surface area contributed by atoms with Crippen molar-refractivity contribution < 1.29 is 19.1 Å². The monoisotopic (exact) mass is 449 g/mol. The van der Waals surface area contributed by atoms with Crippen LogP contribution in [0.5, 0.6) is 0 Å². The molecule has 9 heteroatoms. The van der Waals surface area contributed by atoms with Crippen LogP contribution in [0.15, 0.2) is 59.7 Å². The van der Waals surface area contributed by atoms with Crippen molar-refractivity contribution in [3.63, 3.8) is 0 Å². The average molecular weight is 450 g/mol. The molecule has 1 amide bonds. The van der Waals surface area contributed by atoms with Gasteiger partial charge in [0.15, 0.2) is 5.76 Å². The highest BCUT2D eigenvalue weighted by Gasteiger charge is 2.37. The van der Waals surface area contributed by atoms with E-state index in [0.29, 0.717) is 19.0 Å². The summed E-state index contributed by atoms with van der Waals surface area (Å²) in [5.74, 6) is 1.69. The number of carbonyl (C=O) groups is 1. The summed E-state index contributed by atoms with van der Waals surface area (Å²) in [4.78, 5) is 29.8. The topological polar surface area (TPSA) is 89.7 Å². The molecule has 0 fully saturated rings. The Labute approximate surface area is 192 Å². The Morgan fingerprint density at radius 1 is 1.27 bits per heavy atom. The van der Waals surface area contributed by atoms with E-state index >= 15 is 0 Å². The van der Waals surface area contributed by atoms with Gasteiger partial charge in [-0.25, -0.2) is 4.98 Å². The molecule has 0 saturated heterocycles. The number of aliphatic imine (C=N–C) groups is 1. The first-order chi connectivity index (χ1) is 16.0. The molecule has 0 saturated carbocycles. The summed E-state index contributed by atoms with van der Waals surface area (Å²) in [7, 11) is 1.62. The predicted octanol–water partition coefficient (Wildman–Crippen LogP) is 2.63. The number of nitrogens with zero attached hydrogens (tertiary/aromatic N) is 4. The first-order valence-corrected chi connectivity index (χ1v) is 11.0. The van der Waals surface area contributed by atoms with E-state index in [-0.39, 0.29) is 24.0 Å². The number of hydrogen-bond acceptors (Lipinski definition) is 7. The molecule has 0 spiro atoms. The van der Waals surface area contributed by atoms with Gasteiger partial charge in [0.05, 0.1) is 48.6 Å². The van der Waals surface area contributed by atoms with Crippen LogP contribution in [0.2, 0.25) is 0 Å². The molecule has 1 N–H and O–H groups in total. The van der Waals surface area contributed by atoms with Crippen molar-refractivity contribution in [2.45, 2.75) is 32.0 Å². The van der Waals surface area contributed by atoms with E-state index in [4.69, 9.17) is 14.3 Å². The van der Waals surface area contributed by atoms with Gasteiger partial charge < -0.3 is 23.6 Å². The number of carbonyl (C=O) groups excluding carboxylic acids is 1. The lowest BCUT2D eigenvalue weighted by Crippen LogP contribution is -2.42. The van der Waals surface area contributed by atoms with Gasteiger partial charge in [-0.15, -0.1) is 5.48 Å². The standard InChI is InChI=1S/C24H27N5O4/c1-15-10-22(33-27-15)17-4-5-18-12-26-23(29(18)14-17)16(2)28-7-6-21-20(24(28)30)11-19(13-25-21)32-9-8-31-3/h4-7,10-16,20-21,27H,8-9H2,1-3H3. The Hall–Kier alpha value is -3.43. The SMILES string of the molecule is COCCOC1=CC2C(=O)N(C(C)c3ncc4ccc(C5=CC(C)NO5)cn34)C=CC2N=C1. The first kappa shape index (κ1) is 21.4. The minimum atomic E-state index is -0.411. The van der Waals surface area contributed by atoms with Crippen LogP contribution in [-0.4, -0.2) is 58.8 Å². The molecule has 0 radical (unpaired) electrons. The van der Waals surface area contributed by atoms with Crippen molar-refractivity contribution in [3.05, 3.63) is 66.1 Å². The van der Waals surface area contributed by atoms with Gasteiger partial charge in [0.25, 0.3) is 0 Å². The highest BCUT2D eigenvalue weighted by molar-refractivity contribution is 5.88. The maximum Gasteiger partial charge on any atom is 0.236 e. The average Bonchev–Trinajstić information content (AvgIpc) is 3.45. The number of fused-ring (bicyclic) bond motifs is 2. The summed E-state index contributed by atoms with van der Waals surface area (Å²) in [5.41, 5.74) is 4.82. The Morgan fingerprint density at radius 3 is 2.94 bits per heavy atom. The van der Waals surface area contributed by atoms with Crippen LogP contribution in [0.3, 0.4) is 0 Å². The molecule has 0 aromatic carbocycles. The second-order valence-corrected chi connectivity index (χ2v) is 8.34. The van der Waals surface area contributed by atoms with Gasteiger partial charge in [-0.2, -0.15) is 0 Å². The molecule has 0 bridgehead atoms. The second-order valence-electron chi connectivity index (χ2n) is 8.34. The fraction of sp³-hybridized carbons (Fsp3) is 0.375. The number of imidazole rings is 1. The lowest BCUT2D eigenvalue weighted by Gasteiger charge is -2.34. The highest BCUT2D eigenvalue weighted by Crippen LogP contribution is 2.31. The van der Waals surface area contributed by atoms with Crippen LogP contribution in [0.25, 0.3) is 11.3 Å². The van der Waals surface area contributed by atoms with Crippen LogP contribution in [0.4, 0.5) is 0 Å². The fourth-order valence-corrected chi connectivity index (χ4v) is 4.23. The van der Waals surface area contributed by atoms with Gasteiger partial charge in [-0.3, -0.25) is 9.79 Å². The molecule has 5 rings (SSSR count). The largest absolute Gasteiger partial charge is 0.490 e. The summed E-state index contributed by atoms with van der Waals surface area (Å²) >= 11 is 0. The molecule has 3 aliphatic heterocycles. The number of methoxy groups -OCH3 is 1. The normalized spacial score (nSPS) is 25.0. The fourth-order valence-electron chi connectivity index (χ4n) is 4.23. The van der Waals surface area contributed by atoms with E-state index < -0.39 is 5.92 Å². The van der Waals surface area contributed by atoms with E-state index in [1.165, 1.54) is 0 Å². The molecule has 4 atom stereocenters. The minimum absolute atomic E-state index is 0.0348. The number of aromatic nitrogens is 2. The second kappa shape index (κ2) is 8.84.